The van der Waals surface area contributed by atoms with Gasteiger partial charge in [-0.15, -0.1) is 0 Å². The molecule has 0 fully saturated rings. The van der Waals surface area contributed by atoms with Gasteiger partial charge in [0.05, 0.1) is 26.8 Å². The topological polar surface area (TPSA) is 131 Å². The minimum atomic E-state index is -4.60. The van der Waals surface area contributed by atoms with Crippen LogP contribution in [0.4, 0.5) is 0 Å². The van der Waals surface area contributed by atoms with E-state index in [1.165, 1.54) is 45.6 Å². The molecule has 0 heterocycles. The van der Waals surface area contributed by atoms with Gasteiger partial charge < -0.3 is 19.6 Å². The van der Waals surface area contributed by atoms with E-state index in [1.54, 1.807) is 12.1 Å². The van der Waals surface area contributed by atoms with Gasteiger partial charge in [0.15, 0.2) is 0 Å². The summed E-state index contributed by atoms with van der Waals surface area (Å²) in [5.74, 6) is -1.60. The molecule has 0 saturated heterocycles. The number of carbonyl (C=O) groups excluding carboxylic acids is 1. The highest BCUT2D eigenvalue weighted by atomic mass is 31.2. The van der Waals surface area contributed by atoms with Crippen molar-refractivity contribution in [3.05, 3.63) is 29.8 Å². The number of hydrogen-bond donors (Lipinski definition) is 4. The minimum Gasteiger partial charge on any atom is -0.497 e. The molecule has 0 spiro atoms. The molecule has 1 amide bonds. The average molecular weight is 451 g/mol. The predicted molar refractivity (Wildman–Crippen MR) is 118 cm³/mol. The van der Waals surface area contributed by atoms with E-state index in [0.29, 0.717) is 16.4 Å². The van der Waals surface area contributed by atoms with Crippen molar-refractivity contribution in [1.82, 2.24) is 9.96 Å². The van der Waals surface area contributed by atoms with Crippen molar-refractivity contribution in [2.45, 2.75) is 52.7 Å². The van der Waals surface area contributed by atoms with Crippen LogP contribution in [0.1, 0.15) is 58.3 Å². The Bertz CT molecular complexity index is 606. The van der Waals surface area contributed by atoms with Gasteiger partial charge in [-0.05, 0) is 24.7 Å². The van der Waals surface area contributed by atoms with Crippen LogP contribution in [0.25, 0.3) is 0 Å². The van der Waals surface area contributed by atoms with Gasteiger partial charge in [0.25, 0.3) is 5.91 Å². The molecular weight excluding hydrogens is 411 g/mol. The third-order valence-electron chi connectivity index (χ3n) is 3.63. The highest BCUT2D eigenvalue weighted by Crippen LogP contribution is 2.53. The molecular formula is C20H39N2O7P. The van der Waals surface area contributed by atoms with Crippen LogP contribution in [0.5, 0.6) is 5.75 Å². The van der Waals surface area contributed by atoms with Crippen LogP contribution in [0.3, 0.4) is 0 Å². The number of carbonyl (C=O) groups is 1. The first-order valence-electron chi connectivity index (χ1n) is 10.0. The van der Waals surface area contributed by atoms with Crippen molar-refractivity contribution in [2.24, 2.45) is 0 Å². The van der Waals surface area contributed by atoms with Crippen molar-refractivity contribution in [2.75, 3.05) is 33.9 Å². The van der Waals surface area contributed by atoms with Crippen LogP contribution < -0.4 is 4.74 Å². The van der Waals surface area contributed by atoms with E-state index < -0.39 is 32.4 Å². The van der Waals surface area contributed by atoms with Crippen molar-refractivity contribution in [3.63, 3.8) is 0 Å². The van der Waals surface area contributed by atoms with Gasteiger partial charge in [0.1, 0.15) is 11.5 Å². The highest BCUT2D eigenvalue weighted by molar-refractivity contribution is 7.52. The van der Waals surface area contributed by atoms with Gasteiger partial charge in [-0.3, -0.25) is 19.5 Å². The summed E-state index contributed by atoms with van der Waals surface area (Å²) in [6, 6.07) is 6.09. The Morgan fingerprint density at radius 1 is 1.10 bits per heavy atom. The second kappa shape index (κ2) is 17.2. The molecule has 1 atom stereocenters. The fourth-order valence-corrected chi connectivity index (χ4v) is 3.24. The summed E-state index contributed by atoms with van der Waals surface area (Å²) in [6.07, 6.45) is 3.89. The number of amides is 1. The highest BCUT2D eigenvalue weighted by Gasteiger charge is 2.35. The molecule has 0 bridgehead atoms. The Labute approximate surface area is 180 Å². The molecule has 0 aliphatic rings. The van der Waals surface area contributed by atoms with Crippen LogP contribution in [0.15, 0.2) is 24.3 Å². The zero-order chi connectivity index (χ0) is 23.7. The molecule has 0 aliphatic heterocycles. The van der Waals surface area contributed by atoms with E-state index >= 15 is 0 Å². The van der Waals surface area contributed by atoms with Crippen LogP contribution in [0, 0.1) is 0 Å². The standard InChI is InChI=1S/C13H21N2O7P.C4H10.C3H8/c1-14(9-12(17)15(18)7-8-16)13(23(19,20)21)10-3-5-11(22-2)6-4-10;1-3-4-2;1-3-2/h3-6,13,16,18H,7-9H2,1-2H3,(H2,19,20,21);3-4H2,1-2H3;3H2,1-2H3. The number of benzene rings is 1. The lowest BCUT2D eigenvalue weighted by molar-refractivity contribution is -0.168. The second-order valence-electron chi connectivity index (χ2n) is 6.60. The third kappa shape index (κ3) is 13.0. The molecule has 0 aliphatic carbocycles. The quantitative estimate of drug-likeness (QED) is 0.256. The summed E-state index contributed by atoms with van der Waals surface area (Å²) < 4.78 is 16.8. The van der Waals surface area contributed by atoms with Gasteiger partial charge in [-0.1, -0.05) is 59.1 Å². The molecule has 0 saturated carbocycles. The lowest BCUT2D eigenvalue weighted by Gasteiger charge is -2.29. The molecule has 0 radical (unpaired) electrons. The Balaban J connectivity index is 0. The zero-order valence-electron chi connectivity index (χ0n) is 19.0. The first-order valence-corrected chi connectivity index (χ1v) is 11.7. The van der Waals surface area contributed by atoms with Gasteiger partial charge in [-0.2, -0.15) is 0 Å². The van der Waals surface area contributed by atoms with Crippen molar-refractivity contribution >= 4 is 13.5 Å². The van der Waals surface area contributed by atoms with Gasteiger partial charge in [0, 0.05) is 0 Å². The second-order valence-corrected chi connectivity index (χ2v) is 8.27. The first-order chi connectivity index (χ1) is 14.0. The minimum absolute atomic E-state index is 0.282. The summed E-state index contributed by atoms with van der Waals surface area (Å²) >= 11 is 0. The maximum Gasteiger partial charge on any atom is 0.347 e. The summed E-state index contributed by atoms with van der Waals surface area (Å²) in [5.41, 5.74) is 0.307. The van der Waals surface area contributed by atoms with E-state index in [2.05, 4.69) is 27.7 Å². The van der Waals surface area contributed by atoms with Crippen LogP contribution in [0.2, 0.25) is 0 Å². The van der Waals surface area contributed by atoms with E-state index in [-0.39, 0.29) is 6.54 Å². The van der Waals surface area contributed by atoms with Crippen molar-refractivity contribution in [3.8, 4) is 5.75 Å². The van der Waals surface area contributed by atoms with Gasteiger partial charge in [-0.25, -0.2) is 5.06 Å². The smallest absolute Gasteiger partial charge is 0.347 e. The molecule has 30 heavy (non-hydrogen) atoms. The SMILES string of the molecule is CCC.CCCC.COc1ccc(C(N(C)CC(=O)N(O)CCO)P(=O)(O)O)cc1. The van der Waals surface area contributed by atoms with Crippen LogP contribution in [-0.2, 0) is 9.36 Å². The van der Waals surface area contributed by atoms with E-state index in [1.807, 2.05) is 0 Å². The molecule has 10 heteroatoms. The van der Waals surface area contributed by atoms with Crippen molar-refractivity contribution < 1.29 is 34.2 Å². The van der Waals surface area contributed by atoms with Gasteiger partial charge >= 0.3 is 7.60 Å². The normalized spacial score (nSPS) is 11.6. The number of likely N-dealkylation sites (N-methyl/N-ethyl adjacent to an activating group) is 1. The molecule has 1 unspecified atom stereocenters. The molecule has 176 valence electrons. The van der Waals surface area contributed by atoms with E-state index in [0.717, 1.165) is 4.90 Å². The van der Waals surface area contributed by atoms with Crippen LogP contribution in [-0.4, -0.2) is 69.8 Å². The van der Waals surface area contributed by atoms with E-state index in [4.69, 9.17) is 9.84 Å². The molecule has 1 aromatic carbocycles. The van der Waals surface area contributed by atoms with Gasteiger partial charge in [0.2, 0.25) is 0 Å². The summed E-state index contributed by atoms with van der Waals surface area (Å²) in [4.78, 5) is 32.1. The zero-order valence-corrected chi connectivity index (χ0v) is 19.9. The summed E-state index contributed by atoms with van der Waals surface area (Å²) in [5, 5.41) is 18.4. The molecule has 0 aromatic heterocycles. The Kier molecular flexibility index (Phi) is 17.6. The summed E-state index contributed by atoms with van der Waals surface area (Å²) in [6.45, 7) is 7.47. The lowest BCUT2D eigenvalue weighted by Crippen LogP contribution is -2.39. The number of aliphatic hydroxyl groups is 1. The lowest BCUT2D eigenvalue weighted by atomic mass is 10.2. The fourth-order valence-electron chi connectivity index (χ4n) is 2.08. The molecule has 9 nitrogen and oxygen atoms in total. The van der Waals surface area contributed by atoms with Crippen LogP contribution >= 0.6 is 7.60 Å². The molecule has 1 aromatic rings. The monoisotopic (exact) mass is 450 g/mol. The molecule has 4 N–H and O–H groups in total. The Morgan fingerprint density at radius 3 is 1.90 bits per heavy atom. The third-order valence-corrected chi connectivity index (χ3v) is 4.96. The maximum atomic E-state index is 11.8. The summed E-state index contributed by atoms with van der Waals surface area (Å²) in [7, 11) is -1.77. The molecule has 1 rings (SSSR count). The number of ether oxygens (including phenoxy) is 1. The van der Waals surface area contributed by atoms with E-state index in [9.17, 15) is 24.4 Å². The fraction of sp³-hybridized carbons (Fsp3) is 0.650. The number of hydrogen-bond acceptors (Lipinski definition) is 6. The Morgan fingerprint density at radius 2 is 1.57 bits per heavy atom. The number of rotatable bonds is 9. The maximum absolute atomic E-state index is 11.8. The number of nitrogens with zero attached hydrogens (tertiary/aromatic N) is 2. The first kappa shape index (κ1) is 30.7. The predicted octanol–water partition coefficient (Wildman–Crippen LogP) is 3.24. The number of aliphatic hydroxyl groups excluding tert-OH is 1. The number of hydroxylamine groups is 2. The number of methoxy groups -OCH3 is 1. The number of unbranched alkanes of at least 4 members (excludes halogenated alkanes) is 1. The average Bonchev–Trinajstić information content (AvgIpc) is 2.68. The Hall–Kier alpha value is -1.48. The largest absolute Gasteiger partial charge is 0.497 e. The van der Waals surface area contributed by atoms with Crippen molar-refractivity contribution in [1.29, 1.82) is 0 Å².